The molecule has 0 aliphatic carbocycles. The molecule has 2 atom stereocenters. The third-order valence-electron chi connectivity index (χ3n) is 2.97. The van der Waals surface area contributed by atoms with E-state index in [9.17, 15) is 19.2 Å². The summed E-state index contributed by atoms with van der Waals surface area (Å²) in [4.78, 5) is 43.1. The maximum atomic E-state index is 10.8. The molecule has 0 amide bonds. The fourth-order valence-electron chi connectivity index (χ4n) is 1.68. The Balaban J connectivity index is 4.43. The zero-order chi connectivity index (χ0) is 19.0. The Morgan fingerprint density at radius 3 is 1.21 bits per heavy atom. The summed E-state index contributed by atoms with van der Waals surface area (Å²) in [7, 11) is 0. The summed E-state index contributed by atoms with van der Waals surface area (Å²) in [5.74, 6) is -10.2. The van der Waals surface area contributed by atoms with Crippen LogP contribution in [0.15, 0.2) is 0 Å². The number of ether oxygens (including phenoxy) is 2. The van der Waals surface area contributed by atoms with E-state index in [2.05, 4.69) is 0 Å². The van der Waals surface area contributed by atoms with Crippen LogP contribution in [0.3, 0.4) is 0 Å². The van der Waals surface area contributed by atoms with E-state index in [1.807, 2.05) is 0 Å². The van der Waals surface area contributed by atoms with Crippen molar-refractivity contribution in [3.63, 3.8) is 0 Å². The molecule has 12 heteroatoms. The van der Waals surface area contributed by atoms with Gasteiger partial charge >= 0.3 is 23.9 Å². The zero-order valence-corrected chi connectivity index (χ0v) is 12.7. The Labute approximate surface area is 135 Å². The van der Waals surface area contributed by atoms with Crippen molar-refractivity contribution in [1.82, 2.24) is 0 Å². The van der Waals surface area contributed by atoms with Gasteiger partial charge in [-0.1, -0.05) is 0 Å². The summed E-state index contributed by atoms with van der Waals surface area (Å²) in [5, 5.41) is 35.0. The summed E-state index contributed by atoms with van der Waals surface area (Å²) in [5.41, 5.74) is 10.9. The second kappa shape index (κ2) is 9.77. The Morgan fingerprint density at radius 1 is 0.750 bits per heavy atom. The highest BCUT2D eigenvalue weighted by molar-refractivity contribution is 5.94. The van der Waals surface area contributed by atoms with E-state index < -0.39 is 67.3 Å². The molecule has 0 aromatic heterocycles. The van der Waals surface area contributed by atoms with Crippen molar-refractivity contribution in [3.05, 3.63) is 0 Å². The second-order valence-corrected chi connectivity index (χ2v) is 4.87. The monoisotopic (exact) mass is 352 g/mol. The van der Waals surface area contributed by atoms with Gasteiger partial charge in [-0.05, 0) is 6.92 Å². The number of nitrogens with two attached hydrogens (primary N) is 2. The number of carbonyl (C=O) groups is 4. The molecular formula is C12H20N2O10. The Hall–Kier alpha value is -2.28. The van der Waals surface area contributed by atoms with Crippen LogP contribution in [0.1, 0.15) is 6.92 Å². The highest BCUT2D eigenvalue weighted by Gasteiger charge is 2.34. The van der Waals surface area contributed by atoms with Gasteiger partial charge in [0.2, 0.25) is 0 Å². The van der Waals surface area contributed by atoms with E-state index in [0.29, 0.717) is 0 Å². The lowest BCUT2D eigenvalue weighted by Gasteiger charge is -2.22. The van der Waals surface area contributed by atoms with E-state index in [1.165, 1.54) is 6.92 Å². The summed E-state index contributed by atoms with van der Waals surface area (Å²) < 4.78 is 10.0. The highest BCUT2D eigenvalue weighted by atomic mass is 16.7. The molecule has 0 aromatic rings. The quantitative estimate of drug-likeness (QED) is 0.160. The van der Waals surface area contributed by atoms with Gasteiger partial charge in [-0.3, -0.25) is 19.2 Å². The van der Waals surface area contributed by atoms with Crippen LogP contribution in [0, 0.1) is 11.8 Å². The van der Waals surface area contributed by atoms with Gasteiger partial charge in [0.1, 0.15) is 0 Å². The minimum absolute atomic E-state index is 0.471. The van der Waals surface area contributed by atoms with Crippen molar-refractivity contribution < 1.29 is 49.1 Å². The number of hydrogen-bond acceptors (Lipinski definition) is 8. The number of hydrogen-bond donors (Lipinski definition) is 6. The van der Waals surface area contributed by atoms with E-state index in [1.54, 1.807) is 0 Å². The van der Waals surface area contributed by atoms with Crippen LogP contribution in [0.5, 0.6) is 0 Å². The van der Waals surface area contributed by atoms with E-state index in [0.717, 1.165) is 0 Å². The smallest absolute Gasteiger partial charge is 0.319 e. The largest absolute Gasteiger partial charge is 0.481 e. The van der Waals surface area contributed by atoms with Crippen LogP contribution < -0.4 is 11.5 Å². The zero-order valence-electron chi connectivity index (χ0n) is 12.7. The molecular weight excluding hydrogens is 332 g/mol. The lowest BCUT2D eigenvalue weighted by molar-refractivity contribution is -0.164. The SMILES string of the molecule is CC(OCC(N)C(C(=O)O)C(=O)O)OCC(N)C(C(=O)O)C(=O)O. The summed E-state index contributed by atoms with van der Waals surface area (Å²) >= 11 is 0. The lowest BCUT2D eigenvalue weighted by atomic mass is 10.0. The van der Waals surface area contributed by atoms with Gasteiger partial charge in [0.05, 0.1) is 25.3 Å². The molecule has 0 aliphatic rings. The fraction of sp³-hybridized carbons (Fsp3) is 0.667. The maximum absolute atomic E-state index is 10.8. The van der Waals surface area contributed by atoms with E-state index in [-0.39, 0.29) is 0 Å². The van der Waals surface area contributed by atoms with Crippen molar-refractivity contribution in [2.24, 2.45) is 23.3 Å². The average molecular weight is 352 g/mol. The van der Waals surface area contributed by atoms with Crippen molar-refractivity contribution in [3.8, 4) is 0 Å². The molecule has 0 saturated carbocycles. The number of aliphatic carboxylic acids is 4. The van der Waals surface area contributed by atoms with Crippen molar-refractivity contribution in [2.75, 3.05) is 13.2 Å². The molecule has 0 aliphatic heterocycles. The molecule has 0 bridgehead atoms. The van der Waals surface area contributed by atoms with Gasteiger partial charge in [0, 0.05) is 0 Å². The van der Waals surface area contributed by atoms with Gasteiger partial charge in [-0.2, -0.15) is 0 Å². The maximum Gasteiger partial charge on any atom is 0.319 e. The first kappa shape index (κ1) is 21.7. The molecule has 138 valence electrons. The molecule has 12 nitrogen and oxygen atoms in total. The molecule has 8 N–H and O–H groups in total. The lowest BCUT2D eigenvalue weighted by Crippen LogP contribution is -2.46. The van der Waals surface area contributed by atoms with Gasteiger partial charge < -0.3 is 41.4 Å². The number of carboxylic acid groups (broad SMARTS) is 4. The molecule has 0 saturated heterocycles. The first-order valence-corrected chi connectivity index (χ1v) is 6.64. The van der Waals surface area contributed by atoms with Crippen molar-refractivity contribution >= 4 is 23.9 Å². The fourth-order valence-corrected chi connectivity index (χ4v) is 1.68. The van der Waals surface area contributed by atoms with Crippen LogP contribution in [-0.4, -0.2) is 75.9 Å². The number of carboxylic acids is 4. The van der Waals surface area contributed by atoms with Crippen LogP contribution in [0.4, 0.5) is 0 Å². The van der Waals surface area contributed by atoms with Crippen LogP contribution in [0.25, 0.3) is 0 Å². The topological polar surface area (TPSA) is 220 Å². The molecule has 2 unspecified atom stereocenters. The van der Waals surface area contributed by atoms with Gasteiger partial charge in [0.25, 0.3) is 0 Å². The first-order chi connectivity index (χ1) is 11.0. The van der Waals surface area contributed by atoms with Crippen molar-refractivity contribution in [2.45, 2.75) is 25.3 Å². The minimum atomic E-state index is -1.87. The van der Waals surface area contributed by atoms with Gasteiger partial charge in [0.15, 0.2) is 18.1 Å². The second-order valence-electron chi connectivity index (χ2n) is 4.87. The minimum Gasteiger partial charge on any atom is -0.481 e. The third-order valence-corrected chi connectivity index (χ3v) is 2.97. The normalized spacial score (nSPS) is 15.0. The molecule has 24 heavy (non-hydrogen) atoms. The highest BCUT2D eigenvalue weighted by Crippen LogP contribution is 2.08. The van der Waals surface area contributed by atoms with Crippen LogP contribution >= 0.6 is 0 Å². The molecule has 0 spiro atoms. The van der Waals surface area contributed by atoms with Gasteiger partial charge in [-0.15, -0.1) is 0 Å². The average Bonchev–Trinajstić information content (AvgIpc) is 2.41. The molecule has 0 radical (unpaired) electrons. The Bertz CT molecular complexity index is 412. The van der Waals surface area contributed by atoms with E-state index in [4.69, 9.17) is 41.4 Å². The van der Waals surface area contributed by atoms with Gasteiger partial charge in [-0.25, -0.2) is 0 Å². The summed E-state index contributed by atoms with van der Waals surface area (Å²) in [6, 6.07) is -2.71. The predicted molar refractivity (Wildman–Crippen MR) is 74.8 cm³/mol. The Kier molecular flexibility index (Phi) is 8.84. The molecule has 0 rings (SSSR count). The van der Waals surface area contributed by atoms with Crippen LogP contribution in [-0.2, 0) is 28.7 Å². The predicted octanol–water partition coefficient (Wildman–Crippen LogP) is -2.41. The first-order valence-electron chi connectivity index (χ1n) is 6.64. The van der Waals surface area contributed by atoms with Crippen molar-refractivity contribution in [1.29, 1.82) is 0 Å². The Morgan fingerprint density at radius 2 is 1.00 bits per heavy atom. The van der Waals surface area contributed by atoms with Crippen LogP contribution in [0.2, 0.25) is 0 Å². The summed E-state index contributed by atoms with van der Waals surface area (Å²) in [6.07, 6.45) is -1.05. The molecule has 0 aromatic carbocycles. The number of rotatable bonds is 12. The molecule has 0 heterocycles. The summed E-state index contributed by atoms with van der Waals surface area (Å²) in [6.45, 7) is 0.397. The van der Waals surface area contributed by atoms with E-state index >= 15 is 0 Å². The molecule has 0 fully saturated rings. The third kappa shape index (κ3) is 6.87. The standard InChI is InChI=1S/C12H20N2O10/c1-4(23-2-5(13)7(9(15)16)10(17)18)24-3-6(14)8(11(19)20)12(21)22/h4-8H,2-3,13-14H2,1H3,(H,15,16)(H,17,18)(H,19,20)(H,21,22).